The minimum atomic E-state index is 0.452. The Balaban J connectivity index is 0.000000198. The van der Waals surface area contributed by atoms with E-state index in [0.717, 1.165) is 176 Å². The average Bonchev–Trinajstić information content (AvgIpc) is 1.56. The van der Waals surface area contributed by atoms with Crippen molar-refractivity contribution >= 4 is 0 Å². The summed E-state index contributed by atoms with van der Waals surface area (Å²) in [5.41, 5.74) is 3.55. The standard InChI is InChI=1S/C12H22O.C11H20O.C10H18O.C10H20O.C10H14O.C9H16O.C9H18O.C9H12O.C8H10O/c1-5-13-10-8-9-6-7-12(10,4)11(9,2)3;1-2-12-6-5-11-8-9-3-4-10(11)7-9;1-2-11-7-10-6-8-3-4-9(10)5-8;2*1-2-11-9-8-10-6-4-3-5-7-10;1-2-10-9-6-7-3-4-8(9)5-7;2*1-2-10-8-9-6-4-3-5-7-9;1-2-9-8-6-4-3-5-7-8/h9-10H,5-8H2,1-4H3;9-11H,2-8H2,1H3;8-10H,2-7H2,1H3;10H,2-9H2,1H3;3-7H,2,8-9H2,1H3;7-9H,2-6H2,1H3;9H,2-8H2,1H3;3-7H,2,8H2,1H3;3-7H,2H2,1H3. The lowest BCUT2D eigenvalue weighted by atomic mass is 9.70. The molecule has 8 bridgehead atoms. The monoisotopic (exact) mass is 1350 g/mol. The summed E-state index contributed by atoms with van der Waals surface area (Å²) in [7, 11) is 0. The number of ether oxygens (including phenoxy) is 9. The second-order valence-corrected chi connectivity index (χ2v) is 30.7. The average molecular weight is 1350 g/mol. The summed E-state index contributed by atoms with van der Waals surface area (Å²) in [6, 6.07) is 30.4. The Kier molecular flexibility index (Phi) is 44.9. The van der Waals surface area contributed by atoms with Gasteiger partial charge in [0, 0.05) is 79.3 Å². The molecule has 0 saturated heterocycles. The van der Waals surface area contributed by atoms with E-state index in [1.165, 1.54) is 184 Å². The molecule has 0 spiro atoms. The molecule has 0 aliphatic heterocycles. The molecule has 12 unspecified atom stereocenters. The van der Waals surface area contributed by atoms with E-state index in [2.05, 4.69) is 98.7 Å². The smallest absolute Gasteiger partial charge is 0.119 e. The SMILES string of the molecule is CCOC1CC2CCC1(C)C2(C)C.CCOC1CC2CCC1C2.CCOCC1CC2CCC1C2.CCOCC1CCCCC1.CCOCCC1CC2CCC1C2.CCOCCC1CCCCC1.CCOCCc1ccccc1.CCOCc1ccccc1.CCOc1ccccc1. The summed E-state index contributed by atoms with van der Waals surface area (Å²) in [5.74, 6) is 11.9. The molecule has 13 rings (SSSR count). The van der Waals surface area contributed by atoms with Crippen molar-refractivity contribution in [1.82, 2.24) is 0 Å². The van der Waals surface area contributed by atoms with Crippen molar-refractivity contribution in [1.29, 1.82) is 0 Å². The molecule has 9 nitrogen and oxygen atoms in total. The third kappa shape index (κ3) is 32.1. The van der Waals surface area contributed by atoms with E-state index < -0.39 is 0 Å². The Morgan fingerprint density at radius 3 is 1.32 bits per heavy atom. The minimum absolute atomic E-state index is 0.452. The fourth-order valence-corrected chi connectivity index (χ4v) is 18.1. The fraction of sp³-hybridized carbons (Fsp3) is 0.795. The molecule has 9 heteroatoms. The molecule has 97 heavy (non-hydrogen) atoms. The van der Waals surface area contributed by atoms with E-state index >= 15 is 0 Å². The van der Waals surface area contributed by atoms with Crippen LogP contribution in [0.3, 0.4) is 0 Å². The van der Waals surface area contributed by atoms with Gasteiger partial charge in [-0.2, -0.15) is 0 Å². The molecule has 10 aliphatic rings. The lowest BCUT2D eigenvalue weighted by Gasteiger charge is -2.38. The van der Waals surface area contributed by atoms with Crippen LogP contribution in [0.2, 0.25) is 0 Å². The van der Waals surface area contributed by atoms with Crippen molar-refractivity contribution in [3.63, 3.8) is 0 Å². The molecule has 0 amide bonds. The summed E-state index contributed by atoms with van der Waals surface area (Å²) in [6.07, 6.45) is 41.1. The molecule has 3 aromatic rings. The normalized spacial score (nSPS) is 28.0. The molecule has 10 saturated carbocycles. The Bertz CT molecular complexity index is 2270. The molecule has 0 heterocycles. The van der Waals surface area contributed by atoms with Crippen LogP contribution in [0, 0.1) is 75.9 Å². The van der Waals surface area contributed by atoms with E-state index in [-0.39, 0.29) is 0 Å². The number of hydrogen-bond donors (Lipinski definition) is 0. The number of para-hydroxylation sites is 1. The predicted molar refractivity (Wildman–Crippen MR) is 408 cm³/mol. The third-order valence-corrected chi connectivity index (χ3v) is 24.1. The molecule has 0 aromatic heterocycles. The first-order valence-corrected chi connectivity index (χ1v) is 40.8. The number of rotatable bonds is 27. The molecule has 0 radical (unpaired) electrons. The van der Waals surface area contributed by atoms with Gasteiger partial charge in [0.15, 0.2) is 0 Å². The molecule has 3 aromatic carbocycles. The number of hydrogen-bond acceptors (Lipinski definition) is 9. The zero-order chi connectivity index (χ0) is 69.6. The van der Waals surface area contributed by atoms with Gasteiger partial charge in [0.05, 0.1) is 32.0 Å². The quantitative estimate of drug-likeness (QED) is 0.0693. The third-order valence-electron chi connectivity index (χ3n) is 24.1. The van der Waals surface area contributed by atoms with Crippen LogP contribution < -0.4 is 4.74 Å². The maximum atomic E-state index is 5.88. The zero-order valence-electron chi connectivity index (χ0n) is 64.7. The van der Waals surface area contributed by atoms with Crippen LogP contribution >= 0.6 is 0 Å². The molecule has 10 aliphatic carbocycles. The van der Waals surface area contributed by atoms with Gasteiger partial charge in [-0.25, -0.2) is 0 Å². The Morgan fingerprint density at radius 1 is 0.371 bits per heavy atom. The van der Waals surface area contributed by atoms with Crippen LogP contribution in [-0.2, 0) is 50.9 Å². The lowest BCUT2D eigenvalue weighted by Crippen LogP contribution is -2.37. The molecule has 556 valence electrons. The Morgan fingerprint density at radius 2 is 0.856 bits per heavy atom. The van der Waals surface area contributed by atoms with Crippen LogP contribution in [0.4, 0.5) is 0 Å². The lowest BCUT2D eigenvalue weighted by molar-refractivity contribution is -0.0413. The van der Waals surface area contributed by atoms with Crippen molar-refractivity contribution in [2.45, 2.75) is 282 Å². The maximum absolute atomic E-state index is 5.88. The largest absolute Gasteiger partial charge is 0.494 e. The van der Waals surface area contributed by atoms with E-state index in [9.17, 15) is 0 Å². The summed E-state index contributed by atoms with van der Waals surface area (Å²) in [6.45, 7) is 39.1. The van der Waals surface area contributed by atoms with Gasteiger partial charge in [-0.05, 0) is 277 Å². The highest BCUT2D eigenvalue weighted by atomic mass is 16.5. The second kappa shape index (κ2) is 51.3. The van der Waals surface area contributed by atoms with Gasteiger partial charge < -0.3 is 42.6 Å². The Hall–Kier alpha value is -2.86. The van der Waals surface area contributed by atoms with Crippen LogP contribution in [-0.4, -0.2) is 105 Å². The second-order valence-electron chi connectivity index (χ2n) is 30.7. The first kappa shape index (κ1) is 84.8. The fourth-order valence-electron chi connectivity index (χ4n) is 18.1. The van der Waals surface area contributed by atoms with Gasteiger partial charge >= 0.3 is 0 Å². The van der Waals surface area contributed by atoms with E-state index in [1.54, 1.807) is 0 Å². The van der Waals surface area contributed by atoms with Crippen LogP contribution in [0.15, 0.2) is 91.0 Å². The summed E-state index contributed by atoms with van der Waals surface area (Å²) in [4.78, 5) is 0. The van der Waals surface area contributed by atoms with Crippen LogP contribution in [0.5, 0.6) is 5.75 Å². The summed E-state index contributed by atoms with van der Waals surface area (Å²) >= 11 is 0. The maximum Gasteiger partial charge on any atom is 0.119 e. The zero-order valence-corrected chi connectivity index (χ0v) is 64.7. The predicted octanol–water partition coefficient (Wildman–Crippen LogP) is 22.9. The van der Waals surface area contributed by atoms with Crippen LogP contribution in [0.25, 0.3) is 0 Å². The molecular formula is C88H150O9. The van der Waals surface area contributed by atoms with Crippen molar-refractivity contribution in [3.05, 3.63) is 102 Å². The first-order valence-electron chi connectivity index (χ1n) is 40.8. The highest BCUT2D eigenvalue weighted by Gasteiger charge is 2.61. The highest BCUT2D eigenvalue weighted by molar-refractivity contribution is 5.21. The highest BCUT2D eigenvalue weighted by Crippen LogP contribution is 2.66. The first-order chi connectivity index (χ1) is 47.4. The molecule has 12 atom stereocenters. The van der Waals surface area contributed by atoms with Crippen molar-refractivity contribution in [2.24, 2.45) is 75.9 Å². The summed E-state index contributed by atoms with van der Waals surface area (Å²) in [5, 5.41) is 0. The van der Waals surface area contributed by atoms with Crippen molar-refractivity contribution in [3.8, 4) is 5.75 Å². The van der Waals surface area contributed by atoms with E-state index in [4.69, 9.17) is 42.6 Å². The summed E-state index contributed by atoms with van der Waals surface area (Å²) < 4.78 is 48.8. The van der Waals surface area contributed by atoms with Crippen LogP contribution in [0.1, 0.15) is 268 Å². The van der Waals surface area contributed by atoms with E-state index in [0.29, 0.717) is 23.0 Å². The van der Waals surface area contributed by atoms with E-state index in [1.807, 2.05) is 75.4 Å². The molecular weight excluding hydrogens is 1200 g/mol. The van der Waals surface area contributed by atoms with Gasteiger partial charge in [0.25, 0.3) is 0 Å². The van der Waals surface area contributed by atoms with Gasteiger partial charge in [-0.3, -0.25) is 0 Å². The van der Waals surface area contributed by atoms with Gasteiger partial charge in [0.2, 0.25) is 0 Å². The van der Waals surface area contributed by atoms with Crippen molar-refractivity contribution < 1.29 is 42.6 Å². The minimum Gasteiger partial charge on any atom is -0.494 e. The topological polar surface area (TPSA) is 83.1 Å². The number of fused-ring (bicyclic) bond motifs is 8. The Labute approximate surface area is 597 Å². The molecule has 10 fully saturated rings. The number of benzene rings is 3. The van der Waals surface area contributed by atoms with Gasteiger partial charge in [0.1, 0.15) is 5.75 Å². The molecule has 0 N–H and O–H groups in total. The van der Waals surface area contributed by atoms with Gasteiger partial charge in [-0.1, -0.05) is 164 Å². The van der Waals surface area contributed by atoms with Crippen molar-refractivity contribution in [2.75, 3.05) is 92.5 Å². The van der Waals surface area contributed by atoms with Gasteiger partial charge in [-0.15, -0.1) is 0 Å².